The monoisotopic (exact) mass is 398 g/mol. The minimum atomic E-state index is -0.409. The van der Waals surface area contributed by atoms with Gasteiger partial charge in [-0.1, -0.05) is 42.5 Å². The lowest BCUT2D eigenvalue weighted by Crippen LogP contribution is -2.37. The van der Waals surface area contributed by atoms with Gasteiger partial charge in [0.15, 0.2) is 0 Å². The van der Waals surface area contributed by atoms with Crippen LogP contribution in [0.25, 0.3) is 0 Å². The number of rotatable bonds is 6. The van der Waals surface area contributed by atoms with Crippen molar-refractivity contribution in [3.63, 3.8) is 0 Å². The van der Waals surface area contributed by atoms with Crippen LogP contribution in [0.4, 0.5) is 5.69 Å². The standard InChI is InChI=1S/C24H22N4O2/c1-17(2)28(16-18-8-4-3-5-9-18)24(30)22-14-19(12-13-26-22)23(29)27-21-11-7-6-10-20(21)15-25/h3-14,17H,16H2,1-2H3,(H,27,29). The maximum Gasteiger partial charge on any atom is 0.272 e. The van der Waals surface area contributed by atoms with Crippen LogP contribution in [0, 0.1) is 11.3 Å². The Morgan fingerprint density at radius 3 is 2.47 bits per heavy atom. The highest BCUT2D eigenvalue weighted by molar-refractivity contribution is 6.06. The van der Waals surface area contributed by atoms with Crippen LogP contribution in [0.5, 0.6) is 0 Å². The number of hydrogen-bond acceptors (Lipinski definition) is 4. The second-order valence-corrected chi connectivity index (χ2v) is 7.05. The van der Waals surface area contributed by atoms with Crippen LogP contribution in [0.3, 0.4) is 0 Å². The number of aromatic nitrogens is 1. The number of anilines is 1. The lowest BCUT2D eigenvalue weighted by Gasteiger charge is -2.26. The number of pyridine rings is 1. The van der Waals surface area contributed by atoms with Gasteiger partial charge in [0, 0.05) is 24.3 Å². The van der Waals surface area contributed by atoms with E-state index in [2.05, 4.69) is 10.3 Å². The average molecular weight is 398 g/mol. The summed E-state index contributed by atoms with van der Waals surface area (Å²) >= 11 is 0. The van der Waals surface area contributed by atoms with Gasteiger partial charge >= 0.3 is 0 Å². The maximum absolute atomic E-state index is 13.1. The minimum Gasteiger partial charge on any atom is -0.331 e. The Kier molecular flexibility index (Phi) is 6.56. The van der Waals surface area contributed by atoms with Gasteiger partial charge in [-0.25, -0.2) is 0 Å². The molecule has 1 heterocycles. The van der Waals surface area contributed by atoms with Crippen LogP contribution in [-0.4, -0.2) is 27.7 Å². The van der Waals surface area contributed by atoms with Crippen molar-refractivity contribution in [3.8, 4) is 6.07 Å². The van der Waals surface area contributed by atoms with Crippen molar-refractivity contribution in [1.82, 2.24) is 9.88 Å². The summed E-state index contributed by atoms with van der Waals surface area (Å²) < 4.78 is 0. The van der Waals surface area contributed by atoms with E-state index < -0.39 is 5.91 Å². The van der Waals surface area contributed by atoms with E-state index in [-0.39, 0.29) is 17.6 Å². The van der Waals surface area contributed by atoms with Crippen LogP contribution in [0.1, 0.15) is 45.8 Å². The lowest BCUT2D eigenvalue weighted by atomic mass is 10.1. The number of nitriles is 1. The molecule has 0 saturated heterocycles. The molecular formula is C24H22N4O2. The predicted molar refractivity (Wildman–Crippen MR) is 115 cm³/mol. The molecule has 1 N–H and O–H groups in total. The van der Waals surface area contributed by atoms with Gasteiger partial charge in [-0.3, -0.25) is 14.6 Å². The molecule has 0 atom stereocenters. The van der Waals surface area contributed by atoms with Crippen molar-refractivity contribution in [1.29, 1.82) is 5.26 Å². The van der Waals surface area contributed by atoms with Gasteiger partial charge in [0.25, 0.3) is 11.8 Å². The largest absolute Gasteiger partial charge is 0.331 e. The molecule has 2 amide bonds. The van der Waals surface area contributed by atoms with Gasteiger partial charge < -0.3 is 10.2 Å². The van der Waals surface area contributed by atoms with Gasteiger partial charge in [-0.05, 0) is 43.7 Å². The van der Waals surface area contributed by atoms with E-state index in [1.807, 2.05) is 50.2 Å². The van der Waals surface area contributed by atoms with Crippen molar-refractivity contribution >= 4 is 17.5 Å². The molecule has 2 aromatic carbocycles. The first-order valence-electron chi connectivity index (χ1n) is 9.61. The highest BCUT2D eigenvalue weighted by Crippen LogP contribution is 2.17. The summed E-state index contributed by atoms with van der Waals surface area (Å²) in [5, 5.41) is 11.9. The second-order valence-electron chi connectivity index (χ2n) is 7.05. The van der Waals surface area contributed by atoms with Crippen molar-refractivity contribution in [3.05, 3.63) is 95.3 Å². The highest BCUT2D eigenvalue weighted by atomic mass is 16.2. The van der Waals surface area contributed by atoms with Crippen molar-refractivity contribution in [2.24, 2.45) is 0 Å². The van der Waals surface area contributed by atoms with E-state index >= 15 is 0 Å². The highest BCUT2D eigenvalue weighted by Gasteiger charge is 2.21. The zero-order valence-corrected chi connectivity index (χ0v) is 16.9. The second kappa shape index (κ2) is 9.48. The Hall–Kier alpha value is -3.98. The molecule has 0 radical (unpaired) electrons. The van der Waals surface area contributed by atoms with Crippen LogP contribution < -0.4 is 5.32 Å². The predicted octanol–water partition coefficient (Wildman–Crippen LogP) is 4.26. The summed E-state index contributed by atoms with van der Waals surface area (Å²) in [5.41, 5.74) is 2.29. The number of benzene rings is 2. The van der Waals surface area contributed by atoms with Gasteiger partial charge in [-0.15, -0.1) is 0 Å². The number of carbonyl (C=O) groups excluding carboxylic acids is 2. The number of para-hydroxylation sites is 1. The number of nitrogens with one attached hydrogen (secondary N) is 1. The van der Waals surface area contributed by atoms with E-state index in [1.165, 1.54) is 18.3 Å². The van der Waals surface area contributed by atoms with Crippen molar-refractivity contribution in [2.45, 2.75) is 26.4 Å². The molecule has 3 aromatic rings. The molecule has 0 bridgehead atoms. The molecule has 0 aliphatic carbocycles. The van der Waals surface area contributed by atoms with Crippen molar-refractivity contribution in [2.75, 3.05) is 5.32 Å². The molecule has 0 saturated carbocycles. The summed E-state index contributed by atoms with van der Waals surface area (Å²) in [5.74, 6) is -0.658. The average Bonchev–Trinajstić information content (AvgIpc) is 2.78. The van der Waals surface area contributed by atoms with E-state index in [0.29, 0.717) is 23.4 Å². The van der Waals surface area contributed by atoms with Crippen LogP contribution in [0.15, 0.2) is 72.9 Å². The fraction of sp³-hybridized carbons (Fsp3) is 0.167. The topological polar surface area (TPSA) is 86.1 Å². The summed E-state index contributed by atoms with van der Waals surface area (Å²) in [7, 11) is 0. The number of amides is 2. The first kappa shape index (κ1) is 20.7. The Morgan fingerprint density at radius 1 is 1.07 bits per heavy atom. The maximum atomic E-state index is 13.1. The zero-order valence-electron chi connectivity index (χ0n) is 16.9. The third-order valence-corrected chi connectivity index (χ3v) is 4.62. The van der Waals surface area contributed by atoms with Crippen LogP contribution in [-0.2, 0) is 6.54 Å². The summed E-state index contributed by atoms with van der Waals surface area (Å²) in [6.45, 7) is 4.33. The number of nitrogens with zero attached hydrogens (tertiary/aromatic N) is 3. The van der Waals surface area contributed by atoms with Gasteiger partial charge in [0.1, 0.15) is 11.8 Å². The quantitative estimate of drug-likeness (QED) is 0.672. The Labute approximate surface area is 175 Å². The van der Waals surface area contributed by atoms with Gasteiger partial charge in [-0.2, -0.15) is 5.26 Å². The Balaban J connectivity index is 1.81. The van der Waals surface area contributed by atoms with Crippen LogP contribution in [0.2, 0.25) is 0 Å². The Morgan fingerprint density at radius 2 is 1.77 bits per heavy atom. The fourth-order valence-corrected chi connectivity index (χ4v) is 2.99. The van der Waals surface area contributed by atoms with E-state index in [9.17, 15) is 14.9 Å². The zero-order chi connectivity index (χ0) is 21.5. The van der Waals surface area contributed by atoms with Crippen molar-refractivity contribution < 1.29 is 9.59 Å². The molecule has 6 nitrogen and oxygen atoms in total. The molecule has 0 spiro atoms. The summed E-state index contributed by atoms with van der Waals surface area (Å²) in [4.78, 5) is 31.7. The summed E-state index contributed by atoms with van der Waals surface area (Å²) in [6.07, 6.45) is 1.44. The number of hydrogen-bond donors (Lipinski definition) is 1. The molecule has 0 fully saturated rings. The Bertz CT molecular complexity index is 1090. The fourth-order valence-electron chi connectivity index (χ4n) is 2.99. The van der Waals surface area contributed by atoms with E-state index in [1.54, 1.807) is 29.2 Å². The molecule has 0 aliphatic rings. The first-order valence-corrected chi connectivity index (χ1v) is 9.61. The lowest BCUT2D eigenvalue weighted by molar-refractivity contribution is 0.0684. The third kappa shape index (κ3) is 4.89. The number of carbonyl (C=O) groups is 2. The molecular weight excluding hydrogens is 376 g/mol. The molecule has 0 unspecified atom stereocenters. The molecule has 150 valence electrons. The van der Waals surface area contributed by atoms with E-state index in [0.717, 1.165) is 5.56 Å². The SMILES string of the molecule is CC(C)N(Cc1ccccc1)C(=O)c1cc(C(=O)Nc2ccccc2C#N)ccn1. The molecule has 3 rings (SSSR count). The van der Waals surface area contributed by atoms with Gasteiger partial charge in [0.05, 0.1) is 11.3 Å². The normalized spacial score (nSPS) is 10.3. The molecule has 0 aliphatic heterocycles. The third-order valence-electron chi connectivity index (χ3n) is 4.62. The first-order chi connectivity index (χ1) is 14.5. The minimum absolute atomic E-state index is 0.0421. The smallest absolute Gasteiger partial charge is 0.272 e. The molecule has 1 aromatic heterocycles. The summed E-state index contributed by atoms with van der Waals surface area (Å²) in [6, 6.07) is 21.5. The molecule has 30 heavy (non-hydrogen) atoms. The van der Waals surface area contributed by atoms with Crippen LogP contribution >= 0.6 is 0 Å². The van der Waals surface area contributed by atoms with E-state index in [4.69, 9.17) is 0 Å². The molecule has 6 heteroatoms. The van der Waals surface area contributed by atoms with Gasteiger partial charge in [0.2, 0.25) is 0 Å².